The van der Waals surface area contributed by atoms with Crippen molar-refractivity contribution in [2.24, 2.45) is 0 Å². The first kappa shape index (κ1) is 21.0. The van der Waals surface area contributed by atoms with E-state index in [1.807, 2.05) is 0 Å². The van der Waals surface area contributed by atoms with Crippen molar-refractivity contribution in [3.63, 3.8) is 0 Å². The molecular formula is C14H22N5O7P. The Balaban J connectivity index is 1.91. The molecule has 150 valence electrons. The fraction of sp³-hybridized carbons (Fsp3) is 0.571. The van der Waals surface area contributed by atoms with Gasteiger partial charge < -0.3 is 15.2 Å². The number of nitrogens with one attached hydrogen (secondary N) is 1. The van der Waals surface area contributed by atoms with Gasteiger partial charge in [-0.1, -0.05) is 0 Å². The van der Waals surface area contributed by atoms with Crippen LogP contribution in [0.4, 0.5) is 10.7 Å². The Kier molecular flexibility index (Phi) is 7.08. The maximum absolute atomic E-state index is 12.5. The minimum atomic E-state index is -4.07. The molecule has 2 aromatic heterocycles. The van der Waals surface area contributed by atoms with Crippen molar-refractivity contribution >= 4 is 30.4 Å². The van der Waals surface area contributed by atoms with Gasteiger partial charge in [0.2, 0.25) is 5.95 Å². The number of aromatic amines is 1. The predicted octanol–water partition coefficient (Wildman–Crippen LogP) is 1.47. The topological polar surface area (TPSA) is 161 Å². The van der Waals surface area contributed by atoms with E-state index in [1.165, 1.54) is 10.9 Å². The average Bonchev–Trinajstić information content (AvgIpc) is 2.97. The van der Waals surface area contributed by atoms with E-state index in [2.05, 4.69) is 15.0 Å². The highest BCUT2D eigenvalue weighted by Crippen LogP contribution is 2.51. The predicted molar refractivity (Wildman–Crippen MR) is 95.3 cm³/mol. The average molecular weight is 403 g/mol. The minimum Gasteiger partial charge on any atom is -0.457 e. The molecule has 0 aliphatic rings. The SMILES string of the molecule is CCOC(=O)P(=O)(OCCOCn1cnc2c(=O)[nH]c(N)nc21)OC(C)C. The van der Waals surface area contributed by atoms with E-state index in [-0.39, 0.29) is 43.7 Å². The molecule has 2 aromatic rings. The smallest absolute Gasteiger partial charge is 0.438 e. The molecule has 0 aliphatic carbocycles. The first-order valence-electron chi connectivity index (χ1n) is 8.15. The summed E-state index contributed by atoms with van der Waals surface area (Å²) >= 11 is 0. The van der Waals surface area contributed by atoms with Crippen molar-refractivity contribution in [2.75, 3.05) is 25.6 Å². The van der Waals surface area contributed by atoms with Gasteiger partial charge in [0.25, 0.3) is 5.56 Å². The number of hydrogen-bond donors (Lipinski definition) is 2. The molecule has 13 heteroatoms. The van der Waals surface area contributed by atoms with Crippen molar-refractivity contribution in [3.05, 3.63) is 16.7 Å². The number of nitrogens with two attached hydrogens (primary N) is 1. The van der Waals surface area contributed by atoms with Crippen LogP contribution in [-0.4, -0.2) is 51.2 Å². The van der Waals surface area contributed by atoms with Crippen LogP contribution in [0.3, 0.4) is 0 Å². The van der Waals surface area contributed by atoms with Crippen LogP contribution >= 0.6 is 7.60 Å². The van der Waals surface area contributed by atoms with E-state index >= 15 is 0 Å². The lowest BCUT2D eigenvalue weighted by Gasteiger charge is -2.18. The van der Waals surface area contributed by atoms with Crippen molar-refractivity contribution in [1.29, 1.82) is 0 Å². The number of carbonyl (C=O) groups is 1. The molecule has 0 aromatic carbocycles. The van der Waals surface area contributed by atoms with Gasteiger partial charge in [0.1, 0.15) is 6.73 Å². The molecular weight excluding hydrogens is 381 g/mol. The molecule has 2 rings (SSSR count). The van der Waals surface area contributed by atoms with E-state index in [0.717, 1.165) is 0 Å². The lowest BCUT2D eigenvalue weighted by molar-refractivity contribution is 0.0477. The summed E-state index contributed by atoms with van der Waals surface area (Å²) in [6.45, 7) is 4.68. The summed E-state index contributed by atoms with van der Waals surface area (Å²) in [5.74, 6) is -0.0428. The van der Waals surface area contributed by atoms with Gasteiger partial charge in [0, 0.05) is 0 Å². The molecule has 27 heavy (non-hydrogen) atoms. The van der Waals surface area contributed by atoms with Crippen LogP contribution in [0.5, 0.6) is 0 Å². The summed E-state index contributed by atoms with van der Waals surface area (Å²) in [5.41, 5.74) is 4.40. The minimum absolute atomic E-state index is 0.00943. The second kappa shape index (κ2) is 9.09. The zero-order valence-electron chi connectivity index (χ0n) is 15.2. The number of aromatic nitrogens is 4. The number of carbonyl (C=O) groups excluding carboxylic acids is 1. The number of ether oxygens (including phenoxy) is 2. The molecule has 0 aliphatic heterocycles. The number of hydrogen-bond acceptors (Lipinski definition) is 10. The lowest BCUT2D eigenvalue weighted by atomic mass is 10.5. The second-order valence-corrected chi connectivity index (χ2v) is 7.39. The third kappa shape index (κ3) is 5.36. The molecule has 0 saturated heterocycles. The normalized spacial score (nSPS) is 13.8. The van der Waals surface area contributed by atoms with Crippen LogP contribution in [0.1, 0.15) is 20.8 Å². The zero-order valence-corrected chi connectivity index (χ0v) is 16.1. The Bertz CT molecular complexity index is 894. The van der Waals surface area contributed by atoms with Crippen molar-refractivity contribution in [1.82, 2.24) is 19.5 Å². The first-order valence-corrected chi connectivity index (χ1v) is 9.69. The van der Waals surface area contributed by atoms with Gasteiger partial charge in [-0.05, 0) is 20.8 Å². The van der Waals surface area contributed by atoms with Gasteiger partial charge in [0.15, 0.2) is 11.2 Å². The highest BCUT2D eigenvalue weighted by Gasteiger charge is 2.38. The number of rotatable bonds is 10. The summed E-state index contributed by atoms with van der Waals surface area (Å²) in [5, 5.41) is 0. The summed E-state index contributed by atoms with van der Waals surface area (Å²) < 4.78 is 34.3. The summed E-state index contributed by atoms with van der Waals surface area (Å²) in [6.07, 6.45) is 0.881. The van der Waals surface area contributed by atoms with Crippen LogP contribution < -0.4 is 11.3 Å². The first-order chi connectivity index (χ1) is 12.8. The number of fused-ring (bicyclic) bond motifs is 1. The molecule has 0 amide bonds. The third-order valence-corrected chi connectivity index (χ3v) is 4.85. The van der Waals surface area contributed by atoms with E-state index in [9.17, 15) is 14.2 Å². The molecule has 12 nitrogen and oxygen atoms in total. The van der Waals surface area contributed by atoms with E-state index in [0.29, 0.717) is 0 Å². The van der Waals surface area contributed by atoms with Crippen LogP contribution in [0, 0.1) is 0 Å². The number of H-pyrrole nitrogens is 1. The van der Waals surface area contributed by atoms with E-state index in [4.69, 9.17) is 24.3 Å². The zero-order chi connectivity index (χ0) is 20.0. The Morgan fingerprint density at radius 1 is 1.41 bits per heavy atom. The molecule has 0 bridgehead atoms. The van der Waals surface area contributed by atoms with Gasteiger partial charge in [0.05, 0.1) is 32.3 Å². The number of imidazole rings is 1. The molecule has 0 spiro atoms. The Hall–Kier alpha value is -2.27. The molecule has 0 fully saturated rings. The van der Waals surface area contributed by atoms with Gasteiger partial charge in [-0.15, -0.1) is 0 Å². The quantitative estimate of drug-likeness (QED) is 0.439. The fourth-order valence-electron chi connectivity index (χ4n) is 2.05. The van der Waals surface area contributed by atoms with Crippen LogP contribution in [0.15, 0.2) is 11.1 Å². The number of anilines is 1. The number of nitrogens with zero attached hydrogens (tertiary/aromatic N) is 3. The van der Waals surface area contributed by atoms with E-state index in [1.54, 1.807) is 20.8 Å². The highest BCUT2D eigenvalue weighted by atomic mass is 31.2. The Labute approximate surface area is 154 Å². The van der Waals surface area contributed by atoms with Gasteiger partial charge >= 0.3 is 13.3 Å². The molecule has 0 saturated carbocycles. The standard InChI is InChI=1S/C14H22N5O7P/c1-4-24-14(21)27(22,26-9(2)3)25-6-5-23-8-19-7-16-10-11(19)17-13(15)18-12(10)20/h7,9H,4-6,8H2,1-3H3,(H3,15,17,18,20). The lowest BCUT2D eigenvalue weighted by Crippen LogP contribution is -2.15. The molecule has 1 atom stereocenters. The maximum atomic E-state index is 12.5. The van der Waals surface area contributed by atoms with E-state index < -0.39 is 25.0 Å². The Morgan fingerprint density at radius 2 is 2.15 bits per heavy atom. The largest absolute Gasteiger partial charge is 0.457 e. The molecule has 1 unspecified atom stereocenters. The Morgan fingerprint density at radius 3 is 2.81 bits per heavy atom. The van der Waals surface area contributed by atoms with Gasteiger partial charge in [-0.2, -0.15) is 4.98 Å². The van der Waals surface area contributed by atoms with Gasteiger partial charge in [-0.3, -0.25) is 23.4 Å². The maximum Gasteiger partial charge on any atom is 0.438 e. The molecule has 2 heterocycles. The monoisotopic (exact) mass is 403 g/mol. The number of nitrogen functional groups attached to an aromatic ring is 1. The van der Waals surface area contributed by atoms with Crippen molar-refractivity contribution in [3.8, 4) is 0 Å². The second-order valence-electron chi connectivity index (χ2n) is 5.56. The fourth-order valence-corrected chi connectivity index (χ4v) is 3.46. The highest BCUT2D eigenvalue weighted by molar-refractivity contribution is 7.71. The van der Waals surface area contributed by atoms with Crippen molar-refractivity contribution < 1.29 is 27.9 Å². The summed E-state index contributed by atoms with van der Waals surface area (Å²) in [4.78, 5) is 33.8. The van der Waals surface area contributed by atoms with Gasteiger partial charge in [-0.25, -0.2) is 14.3 Å². The van der Waals surface area contributed by atoms with Crippen LogP contribution in [0.25, 0.3) is 11.2 Å². The van der Waals surface area contributed by atoms with Crippen LogP contribution in [-0.2, 0) is 29.8 Å². The van der Waals surface area contributed by atoms with Crippen molar-refractivity contribution in [2.45, 2.75) is 33.6 Å². The molecule has 0 radical (unpaired) electrons. The summed E-state index contributed by atoms with van der Waals surface area (Å²) in [7, 11) is -4.07. The van der Waals surface area contributed by atoms with Crippen LogP contribution in [0.2, 0.25) is 0 Å². The summed E-state index contributed by atoms with van der Waals surface area (Å²) in [6, 6.07) is 0. The third-order valence-electron chi connectivity index (χ3n) is 3.05. The molecule has 3 N–H and O–H groups in total.